The summed E-state index contributed by atoms with van der Waals surface area (Å²) in [7, 11) is 0. The van der Waals surface area contributed by atoms with E-state index in [1.165, 1.54) is 36.0 Å². The Kier molecular flexibility index (Phi) is 3.47. The molecule has 110 valence electrons. The third-order valence-corrected chi connectivity index (χ3v) is 3.90. The molecule has 0 saturated carbocycles. The maximum atomic E-state index is 11.0. The maximum absolute atomic E-state index is 11.0. The number of carbonyl (C=O) groups is 1. The number of aromatic nitrogens is 2. The van der Waals surface area contributed by atoms with E-state index in [0.29, 0.717) is 9.79 Å². The SMILES string of the molecule is O=C(O)c1cccc(Sc2ccc([N+](=O)[O-])c3nonc23)c1. The van der Waals surface area contributed by atoms with Gasteiger partial charge in [-0.25, -0.2) is 9.42 Å². The zero-order valence-electron chi connectivity index (χ0n) is 10.8. The van der Waals surface area contributed by atoms with Crippen LogP contribution in [0.3, 0.4) is 0 Å². The van der Waals surface area contributed by atoms with E-state index >= 15 is 0 Å². The molecule has 0 atom stereocenters. The van der Waals surface area contributed by atoms with Crippen molar-refractivity contribution in [2.75, 3.05) is 0 Å². The van der Waals surface area contributed by atoms with Crippen molar-refractivity contribution in [1.29, 1.82) is 0 Å². The second-order valence-electron chi connectivity index (χ2n) is 4.24. The highest BCUT2D eigenvalue weighted by atomic mass is 32.2. The van der Waals surface area contributed by atoms with E-state index in [1.54, 1.807) is 12.1 Å². The number of fused-ring (bicyclic) bond motifs is 1. The molecule has 8 nitrogen and oxygen atoms in total. The van der Waals surface area contributed by atoms with Gasteiger partial charge >= 0.3 is 11.7 Å². The largest absolute Gasteiger partial charge is 0.478 e. The number of benzene rings is 2. The predicted octanol–water partition coefficient (Wildman–Crippen LogP) is 2.98. The smallest absolute Gasteiger partial charge is 0.335 e. The zero-order chi connectivity index (χ0) is 15.7. The van der Waals surface area contributed by atoms with Gasteiger partial charge in [-0.2, -0.15) is 0 Å². The van der Waals surface area contributed by atoms with E-state index in [0.717, 1.165) is 0 Å². The van der Waals surface area contributed by atoms with Crippen LogP contribution in [0.15, 0.2) is 50.8 Å². The Morgan fingerprint density at radius 2 is 2.00 bits per heavy atom. The maximum Gasteiger partial charge on any atom is 0.335 e. The number of carboxylic acids is 1. The first-order chi connectivity index (χ1) is 10.6. The molecule has 3 rings (SSSR count). The first kappa shape index (κ1) is 14.0. The molecule has 1 aromatic heterocycles. The van der Waals surface area contributed by atoms with Gasteiger partial charge in [0.1, 0.15) is 0 Å². The topological polar surface area (TPSA) is 119 Å². The summed E-state index contributed by atoms with van der Waals surface area (Å²) in [6.07, 6.45) is 0. The van der Waals surface area contributed by atoms with Crippen LogP contribution in [0.25, 0.3) is 11.0 Å². The van der Waals surface area contributed by atoms with Gasteiger partial charge in [0.15, 0.2) is 5.52 Å². The highest BCUT2D eigenvalue weighted by Gasteiger charge is 2.20. The van der Waals surface area contributed by atoms with Crippen LogP contribution < -0.4 is 0 Å². The van der Waals surface area contributed by atoms with Gasteiger partial charge in [-0.1, -0.05) is 17.8 Å². The van der Waals surface area contributed by atoms with Crippen molar-refractivity contribution < 1.29 is 19.5 Å². The lowest BCUT2D eigenvalue weighted by atomic mass is 10.2. The van der Waals surface area contributed by atoms with Crippen molar-refractivity contribution in [1.82, 2.24) is 10.3 Å². The summed E-state index contributed by atoms with van der Waals surface area (Å²) in [5, 5.41) is 27.2. The summed E-state index contributed by atoms with van der Waals surface area (Å²) in [6.45, 7) is 0. The molecule has 0 aliphatic carbocycles. The van der Waals surface area contributed by atoms with Gasteiger partial charge in [0.2, 0.25) is 5.52 Å². The van der Waals surface area contributed by atoms with Crippen molar-refractivity contribution in [2.24, 2.45) is 0 Å². The summed E-state index contributed by atoms with van der Waals surface area (Å²) in [5.41, 5.74) is 0.283. The van der Waals surface area contributed by atoms with Gasteiger partial charge in [0.05, 0.1) is 10.5 Å². The summed E-state index contributed by atoms with van der Waals surface area (Å²) in [4.78, 5) is 22.6. The van der Waals surface area contributed by atoms with E-state index in [9.17, 15) is 14.9 Å². The Hall–Kier alpha value is -2.94. The summed E-state index contributed by atoms with van der Waals surface area (Å²) < 4.78 is 4.58. The number of nitro benzene ring substituents is 1. The minimum atomic E-state index is -1.03. The average Bonchev–Trinajstić information content (AvgIpc) is 2.97. The summed E-state index contributed by atoms with van der Waals surface area (Å²) in [5.74, 6) is -1.03. The molecule has 0 bridgehead atoms. The molecule has 0 radical (unpaired) electrons. The highest BCUT2D eigenvalue weighted by molar-refractivity contribution is 7.99. The molecular formula is C13H7N3O5S. The van der Waals surface area contributed by atoms with E-state index in [4.69, 9.17) is 5.11 Å². The number of rotatable bonds is 4. The fraction of sp³-hybridized carbons (Fsp3) is 0. The van der Waals surface area contributed by atoms with Crippen LogP contribution in [0.4, 0.5) is 5.69 Å². The van der Waals surface area contributed by atoms with Gasteiger partial charge in [0.25, 0.3) is 0 Å². The van der Waals surface area contributed by atoms with Gasteiger partial charge < -0.3 is 5.11 Å². The lowest BCUT2D eigenvalue weighted by Gasteiger charge is -2.03. The van der Waals surface area contributed by atoms with E-state index in [1.807, 2.05) is 0 Å². The zero-order valence-corrected chi connectivity index (χ0v) is 11.6. The van der Waals surface area contributed by atoms with E-state index in [-0.39, 0.29) is 22.3 Å². The molecule has 0 spiro atoms. The van der Waals surface area contributed by atoms with E-state index < -0.39 is 10.9 Å². The number of hydrogen-bond acceptors (Lipinski definition) is 7. The van der Waals surface area contributed by atoms with Crippen LogP contribution in [0.5, 0.6) is 0 Å². The third kappa shape index (κ3) is 2.49. The Morgan fingerprint density at radius 1 is 1.23 bits per heavy atom. The number of non-ortho nitro benzene ring substituents is 1. The summed E-state index contributed by atoms with van der Waals surface area (Å²) in [6, 6.07) is 9.19. The van der Waals surface area contributed by atoms with Crippen LogP contribution >= 0.6 is 11.8 Å². The molecule has 0 unspecified atom stereocenters. The van der Waals surface area contributed by atoms with Crippen molar-refractivity contribution >= 4 is 34.5 Å². The standard InChI is InChI=1S/C13H7N3O5S/c17-13(18)7-2-1-3-8(6-7)22-10-5-4-9(16(19)20)11-12(10)15-21-14-11/h1-6H,(H,17,18). The Bertz CT molecular complexity index is 892. The van der Waals surface area contributed by atoms with Gasteiger partial charge in [-0.05, 0) is 34.6 Å². The molecule has 9 heteroatoms. The summed E-state index contributed by atoms with van der Waals surface area (Å²) >= 11 is 1.23. The predicted molar refractivity (Wildman–Crippen MR) is 76.0 cm³/mol. The number of nitro groups is 1. The quantitative estimate of drug-likeness (QED) is 0.576. The van der Waals surface area contributed by atoms with Gasteiger partial charge in [-0.3, -0.25) is 10.1 Å². The molecule has 1 heterocycles. The Morgan fingerprint density at radius 3 is 2.73 bits per heavy atom. The average molecular weight is 317 g/mol. The van der Waals surface area contributed by atoms with Crippen LogP contribution in [0, 0.1) is 10.1 Å². The number of nitrogens with zero attached hydrogens (tertiary/aromatic N) is 3. The van der Waals surface area contributed by atoms with Crippen LogP contribution in [-0.2, 0) is 0 Å². The number of hydrogen-bond donors (Lipinski definition) is 1. The lowest BCUT2D eigenvalue weighted by Crippen LogP contribution is -1.95. The van der Waals surface area contributed by atoms with Crippen molar-refractivity contribution in [2.45, 2.75) is 9.79 Å². The molecule has 1 N–H and O–H groups in total. The van der Waals surface area contributed by atoms with Crippen LogP contribution in [0.2, 0.25) is 0 Å². The Balaban J connectivity index is 2.03. The van der Waals surface area contributed by atoms with Gasteiger partial charge in [0, 0.05) is 15.9 Å². The monoisotopic (exact) mass is 317 g/mol. The van der Waals surface area contributed by atoms with Crippen LogP contribution in [-0.4, -0.2) is 26.3 Å². The minimum absolute atomic E-state index is 0.0596. The van der Waals surface area contributed by atoms with E-state index in [2.05, 4.69) is 14.9 Å². The van der Waals surface area contributed by atoms with Crippen molar-refractivity contribution in [3.05, 3.63) is 52.1 Å². The van der Waals surface area contributed by atoms with Crippen LogP contribution in [0.1, 0.15) is 10.4 Å². The molecule has 0 aliphatic heterocycles. The number of aromatic carboxylic acids is 1. The molecule has 22 heavy (non-hydrogen) atoms. The fourth-order valence-electron chi connectivity index (χ4n) is 1.88. The Labute approximate surface area is 126 Å². The molecule has 0 aliphatic rings. The second kappa shape index (κ2) is 5.45. The van der Waals surface area contributed by atoms with Crippen molar-refractivity contribution in [3.8, 4) is 0 Å². The van der Waals surface area contributed by atoms with Gasteiger partial charge in [-0.15, -0.1) is 0 Å². The first-order valence-corrected chi connectivity index (χ1v) is 6.79. The number of carboxylic acid groups (broad SMARTS) is 1. The minimum Gasteiger partial charge on any atom is -0.478 e. The fourth-order valence-corrected chi connectivity index (χ4v) is 2.83. The normalized spacial score (nSPS) is 10.7. The third-order valence-electron chi connectivity index (χ3n) is 2.86. The van der Waals surface area contributed by atoms with Crippen molar-refractivity contribution in [3.63, 3.8) is 0 Å². The molecule has 2 aromatic carbocycles. The molecule has 3 aromatic rings. The lowest BCUT2D eigenvalue weighted by molar-refractivity contribution is -0.383. The first-order valence-electron chi connectivity index (χ1n) is 5.97. The molecule has 0 amide bonds. The molecular weight excluding hydrogens is 310 g/mol. The molecule has 0 saturated heterocycles. The second-order valence-corrected chi connectivity index (χ2v) is 5.35. The molecule has 0 fully saturated rings. The highest BCUT2D eigenvalue weighted by Crippen LogP contribution is 2.35.